The number of nitrogens with two attached hydrogens (primary N) is 1. The van der Waals surface area contributed by atoms with E-state index in [1.54, 1.807) is 0 Å². The Hall–Kier alpha value is -0.740. The second kappa shape index (κ2) is 5.49. The molecule has 0 radical (unpaired) electrons. The second-order valence-electron chi connectivity index (χ2n) is 6.09. The maximum Gasteiger partial charge on any atom is 0.0860 e. The fourth-order valence-corrected chi connectivity index (χ4v) is 3.32. The fourth-order valence-electron chi connectivity index (χ4n) is 2.41. The molecule has 0 saturated carbocycles. The topological polar surface area (TPSA) is 51.8 Å². The van der Waals surface area contributed by atoms with Crippen LogP contribution < -0.4 is 5.73 Å². The van der Waals surface area contributed by atoms with Crippen molar-refractivity contribution in [3.63, 3.8) is 0 Å². The first kappa shape index (κ1) is 13.7. The highest BCUT2D eigenvalue weighted by molar-refractivity contribution is 7.05. The second-order valence-corrected chi connectivity index (χ2v) is 6.88. The molecule has 0 fully saturated rings. The van der Waals surface area contributed by atoms with Gasteiger partial charge in [-0.3, -0.25) is 0 Å². The van der Waals surface area contributed by atoms with Gasteiger partial charge in [-0.25, -0.2) is 0 Å². The van der Waals surface area contributed by atoms with Crippen LogP contribution >= 0.6 is 11.5 Å². The van der Waals surface area contributed by atoms with Crippen molar-refractivity contribution >= 4 is 11.5 Å². The van der Waals surface area contributed by atoms with Gasteiger partial charge < -0.3 is 5.73 Å². The highest BCUT2D eigenvalue weighted by Crippen LogP contribution is 2.34. The van der Waals surface area contributed by atoms with Crippen LogP contribution in [0, 0.1) is 0 Å². The van der Waals surface area contributed by atoms with Crippen molar-refractivity contribution < 1.29 is 0 Å². The highest BCUT2D eigenvalue weighted by atomic mass is 32.1. The van der Waals surface area contributed by atoms with Crippen molar-refractivity contribution in [3.05, 3.63) is 22.2 Å². The molecule has 1 aromatic rings. The molecule has 2 N–H and O–H groups in total. The maximum atomic E-state index is 6.44. The summed E-state index contributed by atoms with van der Waals surface area (Å²) in [6.45, 7) is 6.50. The first-order valence-electron chi connectivity index (χ1n) is 6.77. The van der Waals surface area contributed by atoms with E-state index in [9.17, 15) is 0 Å². The smallest absolute Gasteiger partial charge is 0.0860 e. The summed E-state index contributed by atoms with van der Waals surface area (Å²) in [4.78, 5) is 1.15. The summed E-state index contributed by atoms with van der Waals surface area (Å²) in [5, 5.41) is 4.29. The molecule has 0 spiro atoms. The van der Waals surface area contributed by atoms with Gasteiger partial charge in [0.2, 0.25) is 0 Å². The van der Waals surface area contributed by atoms with Crippen LogP contribution in [0.2, 0.25) is 0 Å². The van der Waals surface area contributed by atoms with Gasteiger partial charge in [0.25, 0.3) is 0 Å². The first-order valence-corrected chi connectivity index (χ1v) is 7.54. The highest BCUT2D eigenvalue weighted by Gasteiger charge is 2.27. The number of hydrogen-bond acceptors (Lipinski definition) is 4. The van der Waals surface area contributed by atoms with Crippen LogP contribution in [-0.4, -0.2) is 9.59 Å². The predicted octanol–water partition coefficient (Wildman–Crippen LogP) is 3.73. The van der Waals surface area contributed by atoms with E-state index in [0.29, 0.717) is 0 Å². The van der Waals surface area contributed by atoms with Gasteiger partial charge in [-0.1, -0.05) is 43.3 Å². The van der Waals surface area contributed by atoms with Crippen molar-refractivity contribution in [1.82, 2.24) is 9.59 Å². The van der Waals surface area contributed by atoms with E-state index >= 15 is 0 Å². The minimum absolute atomic E-state index is 0.00248. The van der Waals surface area contributed by atoms with E-state index in [1.165, 1.54) is 42.8 Å². The third-order valence-electron chi connectivity index (χ3n) is 3.48. The Balaban J connectivity index is 2.26. The van der Waals surface area contributed by atoms with Gasteiger partial charge >= 0.3 is 0 Å². The molecule has 1 unspecified atom stereocenters. The lowest BCUT2D eigenvalue weighted by Gasteiger charge is -2.21. The van der Waals surface area contributed by atoms with Gasteiger partial charge in [-0.2, -0.15) is 0 Å². The molecule has 1 aliphatic rings. The Kier molecular flexibility index (Phi) is 4.17. The summed E-state index contributed by atoms with van der Waals surface area (Å²) in [7, 11) is 0. The molecule has 2 rings (SSSR count). The van der Waals surface area contributed by atoms with E-state index < -0.39 is 0 Å². The minimum atomic E-state index is -0.00248. The van der Waals surface area contributed by atoms with Gasteiger partial charge in [-0.15, -0.1) is 5.10 Å². The largest absolute Gasteiger partial charge is 0.320 e. The van der Waals surface area contributed by atoms with Crippen molar-refractivity contribution in [3.8, 4) is 0 Å². The Morgan fingerprint density at radius 3 is 2.78 bits per heavy atom. The monoisotopic (exact) mass is 265 g/mol. The molecular formula is C14H23N3S. The Morgan fingerprint density at radius 2 is 2.06 bits per heavy atom. The average molecular weight is 265 g/mol. The molecule has 100 valence electrons. The van der Waals surface area contributed by atoms with Crippen molar-refractivity contribution in [2.75, 3.05) is 0 Å². The zero-order valence-corrected chi connectivity index (χ0v) is 12.4. The van der Waals surface area contributed by atoms with Crippen LogP contribution in [0.4, 0.5) is 0 Å². The van der Waals surface area contributed by atoms with Crippen molar-refractivity contribution in [2.45, 2.75) is 64.3 Å². The Labute approximate surface area is 114 Å². The minimum Gasteiger partial charge on any atom is -0.320 e. The quantitative estimate of drug-likeness (QED) is 0.829. The third kappa shape index (κ3) is 2.98. The number of aromatic nitrogens is 2. The summed E-state index contributed by atoms with van der Waals surface area (Å²) < 4.78 is 4.11. The summed E-state index contributed by atoms with van der Waals surface area (Å²) in [6, 6.07) is -0.00248. The molecule has 1 heterocycles. The molecule has 0 amide bonds. The summed E-state index contributed by atoms with van der Waals surface area (Å²) in [5.41, 5.74) is 8.90. The molecule has 3 nitrogen and oxygen atoms in total. The van der Waals surface area contributed by atoms with E-state index in [2.05, 4.69) is 36.4 Å². The Morgan fingerprint density at radius 1 is 1.28 bits per heavy atom. The van der Waals surface area contributed by atoms with Gasteiger partial charge in [-0.05, 0) is 37.2 Å². The lowest BCUT2D eigenvalue weighted by molar-refractivity contribution is 0.554. The van der Waals surface area contributed by atoms with Gasteiger partial charge in [0.1, 0.15) is 0 Å². The van der Waals surface area contributed by atoms with Crippen LogP contribution in [0.3, 0.4) is 0 Å². The lowest BCUT2D eigenvalue weighted by atomic mass is 9.88. The molecule has 0 bridgehead atoms. The van der Waals surface area contributed by atoms with E-state index in [-0.39, 0.29) is 11.5 Å². The number of allylic oxidation sites excluding steroid dienone is 1. The molecule has 4 heteroatoms. The van der Waals surface area contributed by atoms with Crippen LogP contribution in [0.15, 0.2) is 11.6 Å². The predicted molar refractivity (Wildman–Crippen MR) is 76.7 cm³/mol. The molecule has 0 aliphatic heterocycles. The molecular weight excluding hydrogens is 242 g/mol. The van der Waals surface area contributed by atoms with Crippen LogP contribution in [0.1, 0.15) is 69.5 Å². The van der Waals surface area contributed by atoms with E-state index in [4.69, 9.17) is 5.73 Å². The molecule has 0 saturated heterocycles. The van der Waals surface area contributed by atoms with Gasteiger partial charge in [0, 0.05) is 5.41 Å². The van der Waals surface area contributed by atoms with Gasteiger partial charge in [0.05, 0.1) is 16.6 Å². The Bertz CT molecular complexity index is 428. The molecule has 1 aliphatic carbocycles. The number of nitrogens with zero attached hydrogens (tertiary/aromatic N) is 2. The maximum absolute atomic E-state index is 6.44. The average Bonchev–Trinajstić information content (AvgIpc) is 2.64. The number of rotatable bonds is 2. The zero-order chi connectivity index (χ0) is 13.2. The molecule has 1 aromatic heterocycles. The first-order chi connectivity index (χ1) is 8.50. The fraction of sp³-hybridized carbons (Fsp3) is 0.714. The SMILES string of the molecule is CC(C)(C)c1nnsc1C(N)C1=CCCCCC1. The molecule has 1 atom stereocenters. The van der Waals surface area contributed by atoms with Crippen molar-refractivity contribution in [1.29, 1.82) is 0 Å². The molecule has 0 aromatic carbocycles. The summed E-state index contributed by atoms with van der Waals surface area (Å²) in [6.07, 6.45) is 8.51. The summed E-state index contributed by atoms with van der Waals surface area (Å²) in [5.74, 6) is 0. The van der Waals surface area contributed by atoms with Crippen LogP contribution in [0.25, 0.3) is 0 Å². The number of hydrogen-bond donors (Lipinski definition) is 1. The van der Waals surface area contributed by atoms with Crippen molar-refractivity contribution in [2.24, 2.45) is 5.73 Å². The summed E-state index contributed by atoms with van der Waals surface area (Å²) >= 11 is 1.46. The molecule has 18 heavy (non-hydrogen) atoms. The van der Waals surface area contributed by atoms with Gasteiger partial charge in [0.15, 0.2) is 0 Å². The standard InChI is InChI=1S/C14H23N3S/c1-14(2,3)13-12(18-17-16-13)11(15)10-8-6-4-5-7-9-10/h8,11H,4-7,9,15H2,1-3H3. The lowest BCUT2D eigenvalue weighted by Crippen LogP contribution is -2.20. The normalized spacial score (nSPS) is 19.2. The zero-order valence-electron chi connectivity index (χ0n) is 11.6. The van der Waals surface area contributed by atoms with E-state index in [0.717, 1.165) is 17.0 Å². The van der Waals surface area contributed by atoms with Crippen LogP contribution in [-0.2, 0) is 5.41 Å². The van der Waals surface area contributed by atoms with Crippen LogP contribution in [0.5, 0.6) is 0 Å². The third-order valence-corrected chi connectivity index (χ3v) is 4.29. The van der Waals surface area contributed by atoms with E-state index in [1.807, 2.05) is 0 Å².